The molecule has 2 aromatic rings. The van der Waals surface area contributed by atoms with Crippen LogP contribution in [0, 0.1) is 11.3 Å². The van der Waals surface area contributed by atoms with Crippen LogP contribution >= 0.6 is 0 Å². The lowest BCUT2D eigenvalue weighted by Crippen LogP contribution is -2.35. The summed E-state index contributed by atoms with van der Waals surface area (Å²) in [5, 5.41) is 12.1. The minimum Gasteiger partial charge on any atom is -0.497 e. The number of morpholine rings is 1. The second-order valence-corrected chi connectivity index (χ2v) is 5.98. The van der Waals surface area contributed by atoms with E-state index in [-0.39, 0.29) is 5.57 Å². The fourth-order valence-corrected chi connectivity index (χ4v) is 2.69. The SMILES string of the molecule is COc1ccc(CNC(=O)/C(C#N)=C\c2ccc(N3CCOCC3)o2)cc1. The Balaban J connectivity index is 1.62. The molecule has 140 valence electrons. The topological polar surface area (TPSA) is 87.7 Å². The zero-order valence-corrected chi connectivity index (χ0v) is 15.1. The van der Waals surface area contributed by atoms with Crippen molar-refractivity contribution in [2.24, 2.45) is 0 Å². The Hall–Kier alpha value is -3.24. The average molecular weight is 367 g/mol. The first-order valence-corrected chi connectivity index (χ1v) is 8.65. The van der Waals surface area contributed by atoms with Crippen LogP contribution in [0.25, 0.3) is 6.08 Å². The second-order valence-electron chi connectivity index (χ2n) is 5.98. The number of amides is 1. The number of nitrogens with one attached hydrogen (secondary N) is 1. The van der Waals surface area contributed by atoms with Crippen molar-refractivity contribution in [3.8, 4) is 11.8 Å². The lowest BCUT2D eigenvalue weighted by molar-refractivity contribution is -0.117. The first-order valence-electron chi connectivity index (χ1n) is 8.65. The van der Waals surface area contributed by atoms with Crippen molar-refractivity contribution in [2.75, 3.05) is 38.3 Å². The molecule has 1 aliphatic heterocycles. The van der Waals surface area contributed by atoms with E-state index in [2.05, 4.69) is 10.2 Å². The summed E-state index contributed by atoms with van der Waals surface area (Å²) in [4.78, 5) is 14.4. The molecule has 1 saturated heterocycles. The van der Waals surface area contributed by atoms with Gasteiger partial charge in [-0.05, 0) is 23.8 Å². The van der Waals surface area contributed by atoms with Gasteiger partial charge in [-0.2, -0.15) is 5.26 Å². The highest BCUT2D eigenvalue weighted by Gasteiger charge is 2.15. The molecular formula is C20H21N3O4. The number of anilines is 1. The largest absolute Gasteiger partial charge is 0.497 e. The molecule has 0 aliphatic carbocycles. The van der Waals surface area contributed by atoms with Crippen LogP contribution in [-0.2, 0) is 16.1 Å². The van der Waals surface area contributed by atoms with E-state index in [0.717, 1.165) is 24.4 Å². The van der Waals surface area contributed by atoms with E-state index >= 15 is 0 Å². The highest BCUT2D eigenvalue weighted by atomic mass is 16.5. The highest BCUT2D eigenvalue weighted by molar-refractivity contribution is 6.01. The Bertz CT molecular complexity index is 843. The fraction of sp³-hybridized carbons (Fsp3) is 0.300. The maximum absolute atomic E-state index is 12.3. The number of methoxy groups -OCH3 is 1. The van der Waals surface area contributed by atoms with E-state index < -0.39 is 5.91 Å². The third-order valence-corrected chi connectivity index (χ3v) is 4.20. The molecule has 1 fully saturated rings. The number of nitriles is 1. The van der Waals surface area contributed by atoms with E-state index in [0.29, 0.717) is 31.4 Å². The average Bonchev–Trinajstić information content (AvgIpc) is 3.20. The molecule has 1 N–H and O–H groups in total. The molecule has 0 bridgehead atoms. The molecule has 0 atom stereocenters. The van der Waals surface area contributed by atoms with Crippen LogP contribution in [-0.4, -0.2) is 39.3 Å². The Labute approximate surface area is 157 Å². The first-order chi connectivity index (χ1) is 13.2. The number of nitrogens with zero attached hydrogens (tertiary/aromatic N) is 2. The summed E-state index contributed by atoms with van der Waals surface area (Å²) < 4.78 is 16.2. The second kappa shape index (κ2) is 8.92. The minimum absolute atomic E-state index is 0.00797. The van der Waals surface area contributed by atoms with E-state index in [1.807, 2.05) is 36.4 Å². The molecule has 3 rings (SSSR count). The number of rotatable bonds is 6. The minimum atomic E-state index is -0.447. The van der Waals surface area contributed by atoms with Gasteiger partial charge in [0.1, 0.15) is 23.2 Å². The Morgan fingerprint density at radius 2 is 2.00 bits per heavy atom. The van der Waals surface area contributed by atoms with Crippen molar-refractivity contribution in [3.05, 3.63) is 53.3 Å². The van der Waals surface area contributed by atoms with Gasteiger partial charge >= 0.3 is 0 Å². The van der Waals surface area contributed by atoms with Crippen molar-refractivity contribution in [1.29, 1.82) is 5.26 Å². The van der Waals surface area contributed by atoms with Crippen LogP contribution in [0.5, 0.6) is 5.75 Å². The number of hydrogen-bond donors (Lipinski definition) is 1. The number of carbonyl (C=O) groups is 1. The molecular weight excluding hydrogens is 346 g/mol. The summed E-state index contributed by atoms with van der Waals surface area (Å²) in [6.45, 7) is 3.14. The standard InChI is InChI=1S/C20H21N3O4/c1-25-17-4-2-15(3-5-17)14-22-20(24)16(13-21)12-18-6-7-19(27-18)23-8-10-26-11-9-23/h2-7,12H,8-11,14H2,1H3,(H,22,24)/b16-12-. The van der Waals surface area contributed by atoms with Gasteiger partial charge in [-0.3, -0.25) is 4.79 Å². The van der Waals surface area contributed by atoms with Gasteiger partial charge in [-0.25, -0.2) is 0 Å². The summed E-state index contributed by atoms with van der Waals surface area (Å²) in [5.74, 6) is 1.47. The van der Waals surface area contributed by atoms with Gasteiger partial charge in [0, 0.05) is 31.8 Å². The van der Waals surface area contributed by atoms with Crippen molar-refractivity contribution in [1.82, 2.24) is 5.32 Å². The van der Waals surface area contributed by atoms with Gasteiger partial charge in [-0.1, -0.05) is 12.1 Å². The van der Waals surface area contributed by atoms with Crippen molar-refractivity contribution in [3.63, 3.8) is 0 Å². The third kappa shape index (κ3) is 4.90. The van der Waals surface area contributed by atoms with Gasteiger partial charge in [0.25, 0.3) is 5.91 Å². The molecule has 7 nitrogen and oxygen atoms in total. The van der Waals surface area contributed by atoms with E-state index in [1.165, 1.54) is 6.08 Å². The number of carbonyl (C=O) groups excluding carboxylic acids is 1. The summed E-state index contributed by atoms with van der Waals surface area (Å²) in [6.07, 6.45) is 1.45. The summed E-state index contributed by atoms with van der Waals surface area (Å²) >= 11 is 0. The van der Waals surface area contributed by atoms with Crippen LogP contribution in [0.1, 0.15) is 11.3 Å². The molecule has 1 amide bonds. The van der Waals surface area contributed by atoms with Crippen molar-refractivity contribution < 1.29 is 18.7 Å². The van der Waals surface area contributed by atoms with Crippen LogP contribution in [0.4, 0.5) is 5.88 Å². The van der Waals surface area contributed by atoms with Crippen LogP contribution in [0.2, 0.25) is 0 Å². The van der Waals surface area contributed by atoms with Gasteiger partial charge in [0.2, 0.25) is 0 Å². The Morgan fingerprint density at radius 1 is 1.26 bits per heavy atom. The molecule has 0 spiro atoms. The van der Waals surface area contributed by atoms with E-state index in [1.54, 1.807) is 13.2 Å². The third-order valence-electron chi connectivity index (χ3n) is 4.20. The maximum Gasteiger partial charge on any atom is 0.262 e. The zero-order chi connectivity index (χ0) is 19.1. The van der Waals surface area contributed by atoms with Crippen molar-refractivity contribution in [2.45, 2.75) is 6.54 Å². The summed E-state index contributed by atoms with van der Waals surface area (Å²) in [5.41, 5.74) is 0.903. The van der Waals surface area contributed by atoms with Gasteiger partial charge in [-0.15, -0.1) is 0 Å². The van der Waals surface area contributed by atoms with Crippen LogP contribution in [0.3, 0.4) is 0 Å². The number of furan rings is 1. The molecule has 2 heterocycles. The maximum atomic E-state index is 12.3. The molecule has 0 unspecified atom stereocenters. The van der Waals surface area contributed by atoms with Gasteiger partial charge in [0.15, 0.2) is 5.88 Å². The predicted octanol–water partition coefficient (Wildman–Crippen LogP) is 2.35. The van der Waals surface area contributed by atoms with Gasteiger partial charge in [0.05, 0.1) is 20.3 Å². The highest BCUT2D eigenvalue weighted by Crippen LogP contribution is 2.21. The zero-order valence-electron chi connectivity index (χ0n) is 15.1. The summed E-state index contributed by atoms with van der Waals surface area (Å²) in [7, 11) is 1.60. The molecule has 1 aliphatic rings. The van der Waals surface area contributed by atoms with E-state index in [4.69, 9.17) is 13.9 Å². The van der Waals surface area contributed by atoms with Crippen LogP contribution < -0.4 is 15.0 Å². The predicted molar refractivity (Wildman–Crippen MR) is 100 cm³/mol. The fourth-order valence-electron chi connectivity index (χ4n) is 2.69. The molecule has 7 heteroatoms. The van der Waals surface area contributed by atoms with E-state index in [9.17, 15) is 10.1 Å². The molecule has 0 radical (unpaired) electrons. The number of ether oxygens (including phenoxy) is 2. The smallest absolute Gasteiger partial charge is 0.262 e. The normalized spacial score (nSPS) is 14.5. The Morgan fingerprint density at radius 3 is 2.67 bits per heavy atom. The number of benzene rings is 1. The van der Waals surface area contributed by atoms with Gasteiger partial charge < -0.3 is 24.1 Å². The molecule has 0 saturated carbocycles. The summed E-state index contributed by atoms with van der Waals surface area (Å²) in [6, 6.07) is 12.9. The Kier molecular flexibility index (Phi) is 6.13. The van der Waals surface area contributed by atoms with Crippen molar-refractivity contribution >= 4 is 17.9 Å². The van der Waals surface area contributed by atoms with Crippen LogP contribution in [0.15, 0.2) is 46.4 Å². The lowest BCUT2D eigenvalue weighted by Gasteiger charge is -2.26. The molecule has 1 aromatic heterocycles. The monoisotopic (exact) mass is 367 g/mol. The quantitative estimate of drug-likeness (QED) is 0.623. The first kappa shape index (κ1) is 18.5. The molecule has 1 aromatic carbocycles. The lowest BCUT2D eigenvalue weighted by atomic mass is 10.2. The number of hydrogen-bond acceptors (Lipinski definition) is 6. The molecule has 27 heavy (non-hydrogen) atoms.